The Hall–Kier alpha value is -1.81. The van der Waals surface area contributed by atoms with Crippen LogP contribution in [-0.2, 0) is 6.54 Å². The summed E-state index contributed by atoms with van der Waals surface area (Å²) in [6, 6.07) is 7.73. The van der Waals surface area contributed by atoms with E-state index in [0.717, 1.165) is 23.6 Å². The molecule has 1 aromatic carbocycles. The Labute approximate surface area is 105 Å². The highest BCUT2D eigenvalue weighted by molar-refractivity contribution is 6.32. The predicted octanol–water partition coefficient (Wildman–Crippen LogP) is 2.35. The van der Waals surface area contributed by atoms with Crippen molar-refractivity contribution in [2.45, 2.75) is 6.54 Å². The summed E-state index contributed by atoms with van der Waals surface area (Å²) in [5.41, 5.74) is 7.55. The molecule has 88 valence electrons. The van der Waals surface area contributed by atoms with Gasteiger partial charge in [0, 0.05) is 19.3 Å². The molecule has 0 unspecified atom stereocenters. The SMILES string of the molecule is CN(Cc1ccc(N)cc1)c1ncncc1Cl. The van der Waals surface area contributed by atoms with E-state index in [1.807, 2.05) is 36.2 Å². The number of hydrogen-bond acceptors (Lipinski definition) is 4. The second-order valence-corrected chi connectivity index (χ2v) is 4.20. The lowest BCUT2D eigenvalue weighted by Crippen LogP contribution is -2.18. The smallest absolute Gasteiger partial charge is 0.150 e. The van der Waals surface area contributed by atoms with Gasteiger partial charge in [0.15, 0.2) is 5.82 Å². The predicted molar refractivity (Wildman–Crippen MR) is 70.0 cm³/mol. The average molecular weight is 249 g/mol. The molecular formula is C12H13ClN4. The van der Waals surface area contributed by atoms with Crippen LogP contribution in [0.2, 0.25) is 5.02 Å². The fraction of sp³-hybridized carbons (Fsp3) is 0.167. The van der Waals surface area contributed by atoms with E-state index in [1.54, 1.807) is 6.20 Å². The molecule has 2 aromatic rings. The summed E-state index contributed by atoms with van der Waals surface area (Å²) in [6.45, 7) is 0.719. The first-order valence-electron chi connectivity index (χ1n) is 5.18. The van der Waals surface area contributed by atoms with Crippen LogP contribution in [-0.4, -0.2) is 17.0 Å². The van der Waals surface area contributed by atoms with Gasteiger partial charge in [-0.2, -0.15) is 0 Å². The number of nitrogens with two attached hydrogens (primary N) is 1. The van der Waals surface area contributed by atoms with Crippen molar-refractivity contribution < 1.29 is 0 Å². The van der Waals surface area contributed by atoms with Gasteiger partial charge in [-0.15, -0.1) is 0 Å². The fourth-order valence-corrected chi connectivity index (χ4v) is 1.81. The minimum Gasteiger partial charge on any atom is -0.399 e. The average Bonchev–Trinajstić information content (AvgIpc) is 2.32. The lowest BCUT2D eigenvalue weighted by atomic mass is 10.2. The van der Waals surface area contributed by atoms with Gasteiger partial charge in [-0.1, -0.05) is 23.7 Å². The molecule has 0 aliphatic rings. The van der Waals surface area contributed by atoms with E-state index >= 15 is 0 Å². The molecule has 2 rings (SSSR count). The topological polar surface area (TPSA) is 55.0 Å². The number of nitrogen functional groups attached to an aromatic ring is 1. The normalized spacial score (nSPS) is 10.2. The molecule has 0 radical (unpaired) electrons. The van der Waals surface area contributed by atoms with Crippen molar-refractivity contribution in [1.29, 1.82) is 0 Å². The van der Waals surface area contributed by atoms with Gasteiger partial charge in [-0.3, -0.25) is 0 Å². The zero-order valence-corrected chi connectivity index (χ0v) is 10.2. The van der Waals surface area contributed by atoms with Crippen LogP contribution >= 0.6 is 11.6 Å². The maximum absolute atomic E-state index is 6.02. The molecule has 2 N–H and O–H groups in total. The summed E-state index contributed by atoms with van der Waals surface area (Å²) in [5.74, 6) is 0.721. The van der Waals surface area contributed by atoms with Gasteiger partial charge in [0.2, 0.25) is 0 Å². The van der Waals surface area contributed by atoms with Crippen LogP contribution in [0.1, 0.15) is 5.56 Å². The number of rotatable bonds is 3. The van der Waals surface area contributed by atoms with Crippen LogP contribution in [0.5, 0.6) is 0 Å². The van der Waals surface area contributed by atoms with Crippen LogP contribution in [0.15, 0.2) is 36.8 Å². The third-order valence-electron chi connectivity index (χ3n) is 2.41. The first kappa shape index (κ1) is 11.7. The second-order valence-electron chi connectivity index (χ2n) is 3.79. The minimum absolute atomic E-state index is 0.547. The molecule has 4 nitrogen and oxygen atoms in total. The number of hydrogen-bond donors (Lipinski definition) is 1. The van der Waals surface area contributed by atoms with Crippen molar-refractivity contribution >= 4 is 23.1 Å². The van der Waals surface area contributed by atoms with Crippen molar-refractivity contribution in [2.75, 3.05) is 17.7 Å². The molecule has 5 heteroatoms. The van der Waals surface area contributed by atoms with Gasteiger partial charge >= 0.3 is 0 Å². The second kappa shape index (κ2) is 5.01. The Morgan fingerprint density at radius 3 is 2.65 bits per heavy atom. The molecule has 0 bridgehead atoms. The molecule has 1 aromatic heterocycles. The van der Waals surface area contributed by atoms with Gasteiger partial charge in [0.1, 0.15) is 11.3 Å². The van der Waals surface area contributed by atoms with Gasteiger partial charge in [0.25, 0.3) is 0 Å². The molecule has 0 aliphatic heterocycles. The number of nitrogens with zero attached hydrogens (tertiary/aromatic N) is 3. The maximum atomic E-state index is 6.02. The van der Waals surface area contributed by atoms with Gasteiger partial charge in [-0.25, -0.2) is 9.97 Å². The molecule has 0 aliphatic carbocycles. The Morgan fingerprint density at radius 2 is 2.00 bits per heavy atom. The summed E-state index contributed by atoms with van der Waals surface area (Å²) in [6.07, 6.45) is 3.07. The van der Waals surface area contributed by atoms with Crippen LogP contribution in [0.25, 0.3) is 0 Å². The highest BCUT2D eigenvalue weighted by atomic mass is 35.5. The Balaban J connectivity index is 2.14. The molecular weight excluding hydrogens is 236 g/mol. The first-order chi connectivity index (χ1) is 8.16. The number of aromatic nitrogens is 2. The van der Waals surface area contributed by atoms with Gasteiger partial charge < -0.3 is 10.6 Å². The quantitative estimate of drug-likeness (QED) is 0.848. The van der Waals surface area contributed by atoms with Crippen LogP contribution in [0, 0.1) is 0 Å². The van der Waals surface area contributed by atoms with Crippen LogP contribution in [0.3, 0.4) is 0 Å². The number of benzene rings is 1. The van der Waals surface area contributed by atoms with E-state index in [9.17, 15) is 0 Å². The first-order valence-corrected chi connectivity index (χ1v) is 5.55. The maximum Gasteiger partial charge on any atom is 0.150 e. The van der Waals surface area contributed by atoms with Crippen LogP contribution < -0.4 is 10.6 Å². The molecule has 17 heavy (non-hydrogen) atoms. The fourth-order valence-electron chi connectivity index (χ4n) is 1.56. The van der Waals surface area contributed by atoms with E-state index in [0.29, 0.717) is 5.02 Å². The molecule has 0 fully saturated rings. The zero-order chi connectivity index (χ0) is 12.3. The van der Waals surface area contributed by atoms with Crippen molar-refractivity contribution in [3.63, 3.8) is 0 Å². The lowest BCUT2D eigenvalue weighted by molar-refractivity contribution is 0.891. The van der Waals surface area contributed by atoms with E-state index in [4.69, 9.17) is 17.3 Å². The zero-order valence-electron chi connectivity index (χ0n) is 9.47. The van der Waals surface area contributed by atoms with E-state index in [2.05, 4.69) is 9.97 Å². The highest BCUT2D eigenvalue weighted by Crippen LogP contribution is 2.21. The third-order valence-corrected chi connectivity index (χ3v) is 2.68. The minimum atomic E-state index is 0.547. The standard InChI is InChI=1S/C12H13ClN4/c1-17(12-11(13)6-15-8-16-12)7-9-2-4-10(14)5-3-9/h2-6,8H,7,14H2,1H3. The summed E-state index contributed by atoms with van der Waals surface area (Å²) >= 11 is 6.02. The molecule has 0 amide bonds. The monoisotopic (exact) mass is 248 g/mol. The molecule has 1 heterocycles. The highest BCUT2D eigenvalue weighted by Gasteiger charge is 2.07. The number of anilines is 2. The van der Waals surface area contributed by atoms with Gasteiger partial charge in [0.05, 0.1) is 6.20 Å². The Bertz CT molecular complexity index is 498. The summed E-state index contributed by atoms with van der Waals surface area (Å²) in [5, 5.41) is 0.547. The molecule has 0 saturated heterocycles. The molecule has 0 spiro atoms. The lowest BCUT2D eigenvalue weighted by Gasteiger charge is -2.18. The molecule has 0 saturated carbocycles. The van der Waals surface area contributed by atoms with Crippen molar-refractivity contribution in [3.8, 4) is 0 Å². The van der Waals surface area contributed by atoms with Crippen molar-refractivity contribution in [3.05, 3.63) is 47.4 Å². The van der Waals surface area contributed by atoms with E-state index in [1.165, 1.54) is 6.33 Å². The summed E-state index contributed by atoms with van der Waals surface area (Å²) in [7, 11) is 1.94. The van der Waals surface area contributed by atoms with Crippen LogP contribution in [0.4, 0.5) is 11.5 Å². The van der Waals surface area contributed by atoms with Gasteiger partial charge in [-0.05, 0) is 17.7 Å². The van der Waals surface area contributed by atoms with Crippen molar-refractivity contribution in [2.24, 2.45) is 0 Å². The third kappa shape index (κ3) is 2.85. The van der Waals surface area contributed by atoms with E-state index in [-0.39, 0.29) is 0 Å². The van der Waals surface area contributed by atoms with Crippen molar-refractivity contribution in [1.82, 2.24) is 9.97 Å². The number of halogens is 1. The Morgan fingerprint density at radius 1 is 1.29 bits per heavy atom. The largest absolute Gasteiger partial charge is 0.399 e. The molecule has 0 atom stereocenters. The summed E-state index contributed by atoms with van der Waals surface area (Å²) in [4.78, 5) is 9.98. The van der Waals surface area contributed by atoms with E-state index < -0.39 is 0 Å². The summed E-state index contributed by atoms with van der Waals surface area (Å²) < 4.78 is 0. The Kier molecular flexibility index (Phi) is 3.44.